The van der Waals surface area contributed by atoms with E-state index < -0.39 is 0 Å². The number of para-hydroxylation sites is 1. The van der Waals surface area contributed by atoms with Gasteiger partial charge in [0.1, 0.15) is 18.4 Å². The molecule has 1 aromatic carbocycles. The van der Waals surface area contributed by atoms with Gasteiger partial charge in [-0.05, 0) is 12.0 Å². The van der Waals surface area contributed by atoms with Gasteiger partial charge in [-0.15, -0.1) is 0 Å². The molecule has 6 nitrogen and oxygen atoms in total. The quantitative estimate of drug-likeness (QED) is 0.844. The van der Waals surface area contributed by atoms with Crippen LogP contribution in [0.4, 0.5) is 0 Å². The summed E-state index contributed by atoms with van der Waals surface area (Å²) in [5.41, 5.74) is 0.880. The third-order valence-electron chi connectivity index (χ3n) is 3.54. The average molecular weight is 302 g/mol. The predicted molar refractivity (Wildman–Crippen MR) is 83.5 cm³/mol. The highest BCUT2D eigenvalue weighted by molar-refractivity contribution is 5.79. The van der Waals surface area contributed by atoms with Gasteiger partial charge < -0.3 is 10.1 Å². The maximum absolute atomic E-state index is 12.3. The van der Waals surface area contributed by atoms with Crippen LogP contribution in [0.2, 0.25) is 0 Å². The van der Waals surface area contributed by atoms with Crippen molar-refractivity contribution in [2.75, 3.05) is 7.11 Å². The number of nitrogens with zero attached hydrogens (tertiary/aromatic N) is 3. The molecular formula is C16H22N4O2. The fraction of sp³-hybridized carbons (Fsp3) is 0.438. The number of benzene rings is 1. The van der Waals surface area contributed by atoms with Crippen molar-refractivity contribution >= 4 is 5.91 Å². The first-order valence-corrected chi connectivity index (χ1v) is 7.33. The molecule has 0 fully saturated rings. The van der Waals surface area contributed by atoms with Gasteiger partial charge in [-0.2, -0.15) is 5.10 Å². The minimum atomic E-state index is -0.0247. The number of ether oxygens (including phenoxy) is 1. The molecule has 0 saturated heterocycles. The molecule has 0 unspecified atom stereocenters. The van der Waals surface area contributed by atoms with E-state index in [1.807, 2.05) is 24.3 Å². The molecule has 1 heterocycles. The number of hydrogen-bond acceptors (Lipinski definition) is 4. The second kappa shape index (κ2) is 7.59. The molecule has 0 aliphatic rings. The first-order chi connectivity index (χ1) is 10.6. The van der Waals surface area contributed by atoms with E-state index in [-0.39, 0.29) is 11.9 Å². The van der Waals surface area contributed by atoms with E-state index in [4.69, 9.17) is 4.74 Å². The monoisotopic (exact) mass is 302 g/mol. The summed E-state index contributed by atoms with van der Waals surface area (Å²) in [5, 5.41) is 7.16. The molecule has 1 N–H and O–H groups in total. The highest BCUT2D eigenvalue weighted by Gasteiger charge is 2.18. The lowest BCUT2D eigenvalue weighted by molar-refractivity contribution is -0.121. The fourth-order valence-electron chi connectivity index (χ4n) is 2.23. The van der Waals surface area contributed by atoms with Gasteiger partial charge in [0.25, 0.3) is 0 Å². The molecule has 2 rings (SSSR count). The molecule has 6 heteroatoms. The van der Waals surface area contributed by atoms with Gasteiger partial charge in [0.2, 0.25) is 5.91 Å². The Balaban J connectivity index is 1.99. The van der Waals surface area contributed by atoms with Gasteiger partial charge in [0.15, 0.2) is 0 Å². The van der Waals surface area contributed by atoms with Gasteiger partial charge >= 0.3 is 0 Å². The standard InChI is InChI=1S/C16H22N4O2/c1-12(2)14(9-20-11-17-10-18-20)19-16(21)8-13-6-4-5-7-15(13)22-3/h4-7,10-12,14H,8-9H2,1-3H3,(H,19,21)/t14-/m1/s1. The van der Waals surface area contributed by atoms with Crippen LogP contribution in [0.1, 0.15) is 19.4 Å². The topological polar surface area (TPSA) is 69.0 Å². The lowest BCUT2D eigenvalue weighted by Gasteiger charge is -2.22. The van der Waals surface area contributed by atoms with E-state index in [0.717, 1.165) is 11.3 Å². The smallest absolute Gasteiger partial charge is 0.224 e. The van der Waals surface area contributed by atoms with Crippen molar-refractivity contribution in [3.05, 3.63) is 42.5 Å². The molecule has 22 heavy (non-hydrogen) atoms. The summed E-state index contributed by atoms with van der Waals surface area (Å²) in [7, 11) is 1.61. The van der Waals surface area contributed by atoms with Crippen molar-refractivity contribution in [2.24, 2.45) is 5.92 Å². The highest BCUT2D eigenvalue weighted by atomic mass is 16.5. The van der Waals surface area contributed by atoms with Crippen LogP contribution in [0.3, 0.4) is 0 Å². The minimum Gasteiger partial charge on any atom is -0.496 e. The molecule has 0 aliphatic carbocycles. The Labute approximate surface area is 130 Å². The molecule has 1 atom stereocenters. The van der Waals surface area contributed by atoms with Gasteiger partial charge in [-0.25, -0.2) is 4.98 Å². The molecule has 0 radical (unpaired) electrons. The van der Waals surface area contributed by atoms with Crippen LogP contribution in [-0.4, -0.2) is 33.8 Å². The van der Waals surface area contributed by atoms with Crippen molar-refractivity contribution in [2.45, 2.75) is 32.9 Å². The van der Waals surface area contributed by atoms with E-state index in [2.05, 4.69) is 29.2 Å². The van der Waals surface area contributed by atoms with E-state index in [1.165, 1.54) is 6.33 Å². The summed E-state index contributed by atoms with van der Waals surface area (Å²) >= 11 is 0. The zero-order valence-corrected chi connectivity index (χ0v) is 13.2. The van der Waals surface area contributed by atoms with Crippen molar-refractivity contribution in [3.8, 4) is 5.75 Å². The normalized spacial score (nSPS) is 12.2. The Morgan fingerprint density at radius 3 is 2.77 bits per heavy atom. The number of carbonyl (C=O) groups is 1. The number of hydrogen-bond donors (Lipinski definition) is 1. The third-order valence-corrected chi connectivity index (χ3v) is 3.54. The summed E-state index contributed by atoms with van der Waals surface area (Å²) in [6.45, 7) is 4.76. The van der Waals surface area contributed by atoms with E-state index >= 15 is 0 Å². The Morgan fingerprint density at radius 1 is 1.36 bits per heavy atom. The van der Waals surface area contributed by atoms with Crippen molar-refractivity contribution in [3.63, 3.8) is 0 Å². The molecule has 0 aliphatic heterocycles. The van der Waals surface area contributed by atoms with Crippen LogP contribution >= 0.6 is 0 Å². The average Bonchev–Trinajstić information content (AvgIpc) is 3.00. The van der Waals surface area contributed by atoms with Gasteiger partial charge in [0.05, 0.1) is 26.1 Å². The number of nitrogens with one attached hydrogen (secondary N) is 1. The van der Waals surface area contributed by atoms with Gasteiger partial charge in [0, 0.05) is 5.56 Å². The Hall–Kier alpha value is -2.37. The van der Waals surface area contributed by atoms with Crippen LogP contribution in [0.15, 0.2) is 36.9 Å². The Kier molecular flexibility index (Phi) is 5.52. The van der Waals surface area contributed by atoms with Crippen LogP contribution < -0.4 is 10.1 Å². The van der Waals surface area contributed by atoms with Gasteiger partial charge in [-0.1, -0.05) is 32.0 Å². The summed E-state index contributed by atoms with van der Waals surface area (Å²) in [4.78, 5) is 16.2. The van der Waals surface area contributed by atoms with E-state index in [1.54, 1.807) is 18.1 Å². The largest absolute Gasteiger partial charge is 0.496 e. The molecule has 1 amide bonds. The van der Waals surface area contributed by atoms with Crippen molar-refractivity contribution < 1.29 is 9.53 Å². The number of aromatic nitrogens is 3. The number of carbonyl (C=O) groups excluding carboxylic acids is 1. The molecule has 0 saturated carbocycles. The maximum atomic E-state index is 12.3. The second-order valence-electron chi connectivity index (χ2n) is 5.52. The zero-order valence-electron chi connectivity index (χ0n) is 13.2. The fourth-order valence-corrected chi connectivity index (χ4v) is 2.23. The van der Waals surface area contributed by atoms with Gasteiger partial charge in [-0.3, -0.25) is 9.48 Å². The van der Waals surface area contributed by atoms with Crippen LogP contribution in [0.25, 0.3) is 0 Å². The lowest BCUT2D eigenvalue weighted by atomic mass is 10.0. The highest BCUT2D eigenvalue weighted by Crippen LogP contribution is 2.17. The molecule has 118 valence electrons. The zero-order chi connectivity index (χ0) is 15.9. The molecule has 0 spiro atoms. The Morgan fingerprint density at radius 2 is 2.14 bits per heavy atom. The number of amides is 1. The van der Waals surface area contributed by atoms with Crippen LogP contribution in [0.5, 0.6) is 5.75 Å². The first-order valence-electron chi connectivity index (χ1n) is 7.33. The van der Waals surface area contributed by atoms with Crippen molar-refractivity contribution in [1.29, 1.82) is 0 Å². The lowest BCUT2D eigenvalue weighted by Crippen LogP contribution is -2.42. The Bertz CT molecular complexity index is 596. The predicted octanol–water partition coefficient (Wildman–Crippen LogP) is 1.67. The molecule has 1 aromatic heterocycles. The third kappa shape index (κ3) is 4.31. The number of methoxy groups -OCH3 is 1. The molecular weight excluding hydrogens is 280 g/mol. The minimum absolute atomic E-state index is 0.00362. The van der Waals surface area contributed by atoms with E-state index in [0.29, 0.717) is 18.9 Å². The SMILES string of the molecule is COc1ccccc1CC(=O)N[C@H](Cn1cncn1)C(C)C. The summed E-state index contributed by atoms with van der Waals surface area (Å²) in [5.74, 6) is 1.00. The summed E-state index contributed by atoms with van der Waals surface area (Å²) in [6, 6.07) is 7.56. The summed E-state index contributed by atoms with van der Waals surface area (Å²) < 4.78 is 7.01. The number of rotatable bonds is 7. The first kappa shape index (κ1) is 16.0. The molecule has 2 aromatic rings. The van der Waals surface area contributed by atoms with Crippen LogP contribution in [0, 0.1) is 5.92 Å². The van der Waals surface area contributed by atoms with E-state index in [9.17, 15) is 4.79 Å². The van der Waals surface area contributed by atoms with Crippen LogP contribution in [-0.2, 0) is 17.8 Å². The van der Waals surface area contributed by atoms with Crippen molar-refractivity contribution in [1.82, 2.24) is 20.1 Å². The maximum Gasteiger partial charge on any atom is 0.224 e. The molecule has 0 bridgehead atoms. The second-order valence-corrected chi connectivity index (χ2v) is 5.52. The summed E-state index contributed by atoms with van der Waals surface area (Å²) in [6.07, 6.45) is 3.44.